The summed E-state index contributed by atoms with van der Waals surface area (Å²) in [5.74, 6) is 0.420. The van der Waals surface area contributed by atoms with E-state index in [1.54, 1.807) is 6.07 Å². The van der Waals surface area contributed by atoms with E-state index in [-0.39, 0.29) is 11.9 Å². The summed E-state index contributed by atoms with van der Waals surface area (Å²) in [5.41, 5.74) is 9.65. The molecule has 1 aliphatic rings. The molecule has 1 aliphatic carbocycles. The summed E-state index contributed by atoms with van der Waals surface area (Å²) in [7, 11) is 0. The van der Waals surface area contributed by atoms with E-state index in [1.165, 1.54) is 37.0 Å². The fraction of sp³-hybridized carbons (Fsp3) is 0.333. The van der Waals surface area contributed by atoms with Gasteiger partial charge in [-0.05, 0) is 54.0 Å². The monoisotopic (exact) mass is 303 g/mol. The Kier molecular flexibility index (Phi) is 4.27. The van der Waals surface area contributed by atoms with Crippen LogP contribution in [0.4, 0.5) is 4.39 Å². The number of benzene rings is 2. The quantitative estimate of drug-likeness (QED) is 0.846. The number of halogens is 2. The minimum atomic E-state index is -0.317. The van der Waals surface area contributed by atoms with Crippen molar-refractivity contribution in [3.8, 4) is 0 Å². The highest BCUT2D eigenvalue weighted by Gasteiger charge is 2.19. The minimum Gasteiger partial charge on any atom is -0.324 e. The van der Waals surface area contributed by atoms with Crippen molar-refractivity contribution in [3.63, 3.8) is 0 Å². The van der Waals surface area contributed by atoms with E-state index in [4.69, 9.17) is 17.3 Å². The van der Waals surface area contributed by atoms with Crippen molar-refractivity contribution in [2.24, 2.45) is 5.73 Å². The first-order valence-electron chi connectivity index (χ1n) is 7.43. The molecular formula is C18H19ClFN. The molecule has 2 N–H and O–H groups in total. The summed E-state index contributed by atoms with van der Waals surface area (Å²) < 4.78 is 13.1. The molecule has 110 valence electrons. The molecule has 3 rings (SSSR count). The van der Waals surface area contributed by atoms with E-state index in [1.807, 2.05) is 0 Å². The zero-order chi connectivity index (χ0) is 14.8. The Morgan fingerprint density at radius 3 is 2.43 bits per heavy atom. The SMILES string of the molecule is NC(Cc1ccc(F)cc1Cl)c1ccc(C2CCC2)cc1. The number of nitrogens with two attached hydrogens (primary N) is 1. The van der Waals surface area contributed by atoms with Gasteiger partial charge in [0.15, 0.2) is 0 Å². The molecule has 0 amide bonds. The Labute approximate surface area is 129 Å². The van der Waals surface area contributed by atoms with Crippen LogP contribution in [-0.4, -0.2) is 0 Å². The van der Waals surface area contributed by atoms with Gasteiger partial charge in [-0.3, -0.25) is 0 Å². The maximum atomic E-state index is 13.1. The molecule has 2 aromatic rings. The molecule has 1 fully saturated rings. The van der Waals surface area contributed by atoms with Crippen LogP contribution in [0.1, 0.15) is 47.9 Å². The molecular weight excluding hydrogens is 285 g/mol. The van der Waals surface area contributed by atoms with Crippen molar-refractivity contribution < 1.29 is 4.39 Å². The number of hydrogen-bond donors (Lipinski definition) is 1. The van der Waals surface area contributed by atoms with E-state index >= 15 is 0 Å². The molecule has 21 heavy (non-hydrogen) atoms. The van der Waals surface area contributed by atoms with Crippen molar-refractivity contribution in [2.75, 3.05) is 0 Å². The van der Waals surface area contributed by atoms with Crippen molar-refractivity contribution in [1.82, 2.24) is 0 Å². The maximum absolute atomic E-state index is 13.1. The fourth-order valence-electron chi connectivity index (χ4n) is 2.80. The van der Waals surface area contributed by atoms with Crippen LogP contribution >= 0.6 is 11.6 Å². The van der Waals surface area contributed by atoms with Gasteiger partial charge in [-0.1, -0.05) is 48.4 Å². The summed E-state index contributed by atoms with van der Waals surface area (Å²) in [6.07, 6.45) is 4.56. The van der Waals surface area contributed by atoms with E-state index in [0.717, 1.165) is 17.0 Å². The largest absolute Gasteiger partial charge is 0.324 e. The summed E-state index contributed by atoms with van der Waals surface area (Å²) in [4.78, 5) is 0. The zero-order valence-electron chi connectivity index (χ0n) is 11.9. The van der Waals surface area contributed by atoms with Crippen LogP contribution in [-0.2, 0) is 6.42 Å². The lowest BCUT2D eigenvalue weighted by Crippen LogP contribution is -2.14. The summed E-state index contributed by atoms with van der Waals surface area (Å²) in [6.45, 7) is 0. The fourth-order valence-corrected chi connectivity index (χ4v) is 3.04. The third kappa shape index (κ3) is 3.28. The Balaban J connectivity index is 1.70. The minimum absolute atomic E-state index is 0.122. The highest BCUT2D eigenvalue weighted by Crippen LogP contribution is 2.36. The Hall–Kier alpha value is -1.38. The molecule has 0 saturated heterocycles. The third-order valence-corrected chi connectivity index (χ3v) is 4.75. The molecule has 1 atom stereocenters. The van der Waals surface area contributed by atoms with Gasteiger partial charge in [0.2, 0.25) is 0 Å². The first kappa shape index (κ1) is 14.6. The lowest BCUT2D eigenvalue weighted by atomic mass is 9.80. The van der Waals surface area contributed by atoms with Crippen LogP contribution in [0.15, 0.2) is 42.5 Å². The van der Waals surface area contributed by atoms with Crippen LogP contribution in [0.2, 0.25) is 5.02 Å². The molecule has 1 saturated carbocycles. The summed E-state index contributed by atoms with van der Waals surface area (Å²) in [6, 6.07) is 12.9. The van der Waals surface area contributed by atoms with Crippen molar-refractivity contribution in [2.45, 2.75) is 37.6 Å². The average Bonchev–Trinajstić information content (AvgIpc) is 2.41. The Bertz CT molecular complexity index is 620. The summed E-state index contributed by atoms with van der Waals surface area (Å²) >= 11 is 6.06. The van der Waals surface area contributed by atoms with Gasteiger partial charge >= 0.3 is 0 Å². The van der Waals surface area contributed by atoms with E-state index in [0.29, 0.717) is 11.4 Å². The van der Waals surface area contributed by atoms with E-state index in [2.05, 4.69) is 24.3 Å². The molecule has 1 nitrogen and oxygen atoms in total. The van der Waals surface area contributed by atoms with Gasteiger partial charge in [-0.2, -0.15) is 0 Å². The van der Waals surface area contributed by atoms with E-state index in [9.17, 15) is 4.39 Å². The van der Waals surface area contributed by atoms with Gasteiger partial charge in [0.05, 0.1) is 0 Å². The molecule has 0 aliphatic heterocycles. The molecule has 0 aromatic heterocycles. The second-order valence-electron chi connectivity index (χ2n) is 5.84. The summed E-state index contributed by atoms with van der Waals surface area (Å²) in [5, 5.41) is 0.441. The molecule has 0 heterocycles. The number of rotatable bonds is 4. The first-order chi connectivity index (χ1) is 10.1. The molecule has 2 aromatic carbocycles. The Morgan fingerprint density at radius 2 is 1.86 bits per heavy atom. The maximum Gasteiger partial charge on any atom is 0.124 e. The van der Waals surface area contributed by atoms with Gasteiger partial charge in [-0.25, -0.2) is 4.39 Å². The van der Waals surface area contributed by atoms with Gasteiger partial charge in [0, 0.05) is 11.1 Å². The smallest absolute Gasteiger partial charge is 0.124 e. The lowest BCUT2D eigenvalue weighted by Gasteiger charge is -2.26. The highest BCUT2D eigenvalue weighted by atomic mass is 35.5. The first-order valence-corrected chi connectivity index (χ1v) is 7.80. The van der Waals surface area contributed by atoms with Crippen LogP contribution in [0.25, 0.3) is 0 Å². The van der Waals surface area contributed by atoms with Crippen molar-refractivity contribution in [1.29, 1.82) is 0 Å². The van der Waals surface area contributed by atoms with Crippen LogP contribution in [0, 0.1) is 5.82 Å². The van der Waals surface area contributed by atoms with Crippen LogP contribution in [0.3, 0.4) is 0 Å². The predicted octanol–water partition coefficient (Wildman–Crippen LogP) is 4.99. The lowest BCUT2D eigenvalue weighted by molar-refractivity contribution is 0.419. The molecule has 1 unspecified atom stereocenters. The highest BCUT2D eigenvalue weighted by molar-refractivity contribution is 6.31. The second-order valence-corrected chi connectivity index (χ2v) is 6.25. The Morgan fingerprint density at radius 1 is 1.14 bits per heavy atom. The molecule has 0 radical (unpaired) electrons. The van der Waals surface area contributed by atoms with Crippen LogP contribution < -0.4 is 5.73 Å². The predicted molar refractivity (Wildman–Crippen MR) is 85.1 cm³/mol. The average molecular weight is 304 g/mol. The molecule has 0 spiro atoms. The topological polar surface area (TPSA) is 26.0 Å². The van der Waals surface area contributed by atoms with Gasteiger partial charge in [-0.15, -0.1) is 0 Å². The van der Waals surface area contributed by atoms with Crippen molar-refractivity contribution >= 4 is 11.6 Å². The second kappa shape index (κ2) is 6.17. The molecule has 3 heteroatoms. The zero-order valence-corrected chi connectivity index (χ0v) is 12.6. The van der Waals surface area contributed by atoms with Gasteiger partial charge < -0.3 is 5.73 Å². The third-order valence-electron chi connectivity index (χ3n) is 4.40. The normalized spacial score (nSPS) is 16.5. The standard InChI is InChI=1S/C18H19ClFN/c19-17-11-16(20)9-8-15(17)10-18(21)14-6-4-13(5-7-14)12-2-1-3-12/h4-9,11-12,18H,1-3,10,21H2. The number of hydrogen-bond acceptors (Lipinski definition) is 1. The van der Waals surface area contributed by atoms with Crippen molar-refractivity contribution in [3.05, 3.63) is 70.0 Å². The van der Waals surface area contributed by atoms with Gasteiger partial charge in [0.25, 0.3) is 0 Å². The molecule has 0 bridgehead atoms. The van der Waals surface area contributed by atoms with Crippen LogP contribution in [0.5, 0.6) is 0 Å². The van der Waals surface area contributed by atoms with Gasteiger partial charge in [0.1, 0.15) is 5.82 Å². The van der Waals surface area contributed by atoms with E-state index < -0.39 is 0 Å².